The van der Waals surface area contributed by atoms with Gasteiger partial charge in [-0.1, -0.05) is 88.8 Å². The molecule has 7 aromatic rings. The first kappa shape index (κ1) is 29.8. The zero-order valence-corrected chi connectivity index (χ0v) is 26.8. The van der Waals surface area contributed by atoms with Gasteiger partial charge in [-0.2, -0.15) is 10.2 Å². The van der Waals surface area contributed by atoms with Crippen molar-refractivity contribution < 1.29 is 20.1 Å². The van der Waals surface area contributed by atoms with Crippen molar-refractivity contribution in [1.82, 2.24) is 25.4 Å². The summed E-state index contributed by atoms with van der Waals surface area (Å²) in [6.07, 6.45) is 0. The molecule has 0 amide bonds. The van der Waals surface area contributed by atoms with Crippen LogP contribution in [0.25, 0.3) is 55.6 Å². The second kappa shape index (κ2) is 13.1. The molecule has 5 nitrogen and oxygen atoms in total. The van der Waals surface area contributed by atoms with E-state index in [2.05, 4.69) is 95.5 Å². The van der Waals surface area contributed by atoms with E-state index in [-0.39, 0.29) is 20.1 Å². The fourth-order valence-corrected chi connectivity index (χ4v) is 5.07. The Morgan fingerprint density at radius 2 is 1.14 bits per heavy atom. The molecule has 6 heteroatoms. The van der Waals surface area contributed by atoms with Crippen LogP contribution in [0.1, 0.15) is 22.4 Å². The first-order valence-corrected chi connectivity index (χ1v) is 13.9. The molecule has 2 aromatic heterocycles. The van der Waals surface area contributed by atoms with E-state index in [1.807, 2.05) is 72.8 Å². The summed E-state index contributed by atoms with van der Waals surface area (Å²) < 4.78 is 0. The molecule has 213 valence electrons. The first-order valence-electron chi connectivity index (χ1n) is 13.9. The van der Waals surface area contributed by atoms with Crippen LogP contribution in [0.15, 0.2) is 103 Å². The van der Waals surface area contributed by atoms with Gasteiger partial charge in [-0.3, -0.25) is 0 Å². The number of aryl methyl sites for hydroxylation is 1. The van der Waals surface area contributed by atoms with Gasteiger partial charge in [0.25, 0.3) is 0 Å². The Morgan fingerprint density at radius 3 is 1.86 bits per heavy atom. The average Bonchev–Trinajstić information content (AvgIpc) is 3.06. The van der Waals surface area contributed by atoms with Crippen LogP contribution in [-0.4, -0.2) is 25.4 Å². The average molecular weight is 736 g/mol. The maximum atomic E-state index is 4.67. The second-order valence-electron chi connectivity index (χ2n) is 10.2. The van der Waals surface area contributed by atoms with E-state index in [0.29, 0.717) is 11.6 Å². The molecular weight excluding hydrogens is 707 g/mol. The number of benzene rings is 5. The Labute approximate surface area is 265 Å². The first-order chi connectivity index (χ1) is 20.5. The summed E-state index contributed by atoms with van der Waals surface area (Å²) in [5, 5.41) is 21.7. The van der Waals surface area contributed by atoms with Crippen LogP contribution in [0.5, 0.6) is 0 Å². The SMILES string of the molecule is Cc1nc(-c2[c-]cccc2)c(C)c(C)c1C.[Ir].[c-]1ccc2ccccc2c1-c1nnc(-c2cccc3ccccc23)nn1. The standard InChI is InChI=1S/C22H13N4.C15H16N.Ir/c1-3-11-17-15(7-1)9-5-13-19(17)21-23-25-22(26-24-21)20-14-6-10-16-8-2-4-12-18(16)20;1-10-11(2)13(4)16-15(12(10)3)14-8-6-5-7-9-14;/h1-13H;5-8H,1-4H3;/q2*-1;. The Morgan fingerprint density at radius 1 is 0.512 bits per heavy atom. The van der Waals surface area contributed by atoms with Gasteiger partial charge >= 0.3 is 0 Å². The summed E-state index contributed by atoms with van der Waals surface area (Å²) in [5.74, 6) is 0.997. The summed E-state index contributed by atoms with van der Waals surface area (Å²) in [4.78, 5) is 4.67. The van der Waals surface area contributed by atoms with Crippen molar-refractivity contribution in [3.8, 4) is 34.0 Å². The van der Waals surface area contributed by atoms with Gasteiger partial charge < -0.3 is 4.98 Å². The van der Waals surface area contributed by atoms with Crippen molar-refractivity contribution in [2.24, 2.45) is 0 Å². The zero-order chi connectivity index (χ0) is 29.1. The van der Waals surface area contributed by atoms with Crippen molar-refractivity contribution in [2.45, 2.75) is 27.7 Å². The van der Waals surface area contributed by atoms with Crippen LogP contribution < -0.4 is 0 Å². The molecule has 0 saturated heterocycles. The third kappa shape index (κ3) is 6.12. The molecule has 43 heavy (non-hydrogen) atoms. The van der Waals surface area contributed by atoms with Crippen molar-refractivity contribution >= 4 is 21.5 Å². The third-order valence-electron chi connectivity index (χ3n) is 7.72. The van der Waals surface area contributed by atoms with E-state index in [4.69, 9.17) is 0 Å². The van der Waals surface area contributed by atoms with Gasteiger partial charge in [-0.15, -0.1) is 69.7 Å². The van der Waals surface area contributed by atoms with Crippen LogP contribution in [-0.2, 0) is 20.1 Å². The molecule has 0 unspecified atom stereocenters. The Bertz CT molecular complexity index is 1910. The number of fused-ring (bicyclic) bond motifs is 2. The van der Waals surface area contributed by atoms with Crippen molar-refractivity contribution in [3.05, 3.63) is 138 Å². The van der Waals surface area contributed by atoms with Crippen LogP contribution in [0.3, 0.4) is 0 Å². The van der Waals surface area contributed by atoms with Gasteiger partial charge in [-0.05, 0) is 49.7 Å². The number of hydrogen-bond donors (Lipinski definition) is 0. The van der Waals surface area contributed by atoms with Gasteiger partial charge in [-0.25, -0.2) is 0 Å². The van der Waals surface area contributed by atoms with E-state index in [1.54, 1.807) is 0 Å². The second-order valence-corrected chi connectivity index (χ2v) is 10.2. The van der Waals surface area contributed by atoms with Gasteiger partial charge in [0.1, 0.15) is 5.82 Å². The van der Waals surface area contributed by atoms with Crippen molar-refractivity contribution in [2.75, 3.05) is 0 Å². The molecule has 5 aromatic carbocycles. The normalized spacial score (nSPS) is 10.6. The summed E-state index contributed by atoms with van der Waals surface area (Å²) >= 11 is 0. The minimum Gasteiger partial charge on any atom is -0.301 e. The van der Waals surface area contributed by atoms with E-state index in [1.165, 1.54) is 16.7 Å². The third-order valence-corrected chi connectivity index (χ3v) is 7.72. The summed E-state index contributed by atoms with van der Waals surface area (Å²) in [5.41, 5.74) is 8.86. The predicted molar refractivity (Wildman–Crippen MR) is 170 cm³/mol. The molecule has 0 aliphatic rings. The Kier molecular flexibility index (Phi) is 9.10. The molecule has 0 spiro atoms. The van der Waals surface area contributed by atoms with Crippen LogP contribution in [0.2, 0.25) is 0 Å². The number of pyridine rings is 1. The van der Waals surface area contributed by atoms with E-state index < -0.39 is 0 Å². The van der Waals surface area contributed by atoms with E-state index in [0.717, 1.165) is 49.6 Å². The van der Waals surface area contributed by atoms with Crippen molar-refractivity contribution in [1.29, 1.82) is 0 Å². The van der Waals surface area contributed by atoms with E-state index in [9.17, 15) is 0 Å². The molecule has 1 radical (unpaired) electrons. The zero-order valence-electron chi connectivity index (χ0n) is 24.4. The number of hydrogen-bond acceptors (Lipinski definition) is 5. The maximum absolute atomic E-state index is 4.67. The monoisotopic (exact) mass is 736 g/mol. The summed E-state index contributed by atoms with van der Waals surface area (Å²) in [6, 6.07) is 40.6. The van der Waals surface area contributed by atoms with Gasteiger partial charge in [0.15, 0.2) is 0 Å². The fourth-order valence-electron chi connectivity index (χ4n) is 5.07. The van der Waals surface area contributed by atoms with E-state index >= 15 is 0 Å². The van der Waals surface area contributed by atoms with Gasteiger partial charge in [0.2, 0.25) is 5.82 Å². The molecule has 0 fully saturated rings. The smallest absolute Gasteiger partial charge is 0.202 e. The molecule has 0 bridgehead atoms. The fraction of sp³-hybridized carbons (Fsp3) is 0.108. The molecule has 0 aliphatic carbocycles. The molecule has 0 aliphatic heterocycles. The molecule has 7 rings (SSSR count). The van der Waals surface area contributed by atoms with Crippen molar-refractivity contribution in [3.63, 3.8) is 0 Å². The van der Waals surface area contributed by atoms with Crippen LogP contribution in [0.4, 0.5) is 0 Å². The molecule has 0 saturated carbocycles. The van der Waals surface area contributed by atoms with Gasteiger partial charge in [0, 0.05) is 31.4 Å². The number of nitrogens with zero attached hydrogens (tertiary/aromatic N) is 5. The molecule has 0 N–H and O–H groups in total. The molecule has 0 atom stereocenters. The van der Waals surface area contributed by atoms with Gasteiger partial charge in [0.05, 0.1) is 0 Å². The molecular formula is C37H29IrN5-2. The Balaban J connectivity index is 0.000000188. The topological polar surface area (TPSA) is 64.5 Å². The number of aromatic nitrogens is 5. The van der Waals surface area contributed by atoms with Crippen LogP contribution in [0, 0.1) is 39.8 Å². The Hall–Kier alpha value is -4.64. The largest absolute Gasteiger partial charge is 0.301 e. The predicted octanol–water partition coefficient (Wildman–Crippen LogP) is 8.49. The summed E-state index contributed by atoms with van der Waals surface area (Å²) in [6.45, 7) is 8.48. The number of rotatable bonds is 3. The minimum absolute atomic E-state index is 0. The summed E-state index contributed by atoms with van der Waals surface area (Å²) in [7, 11) is 0. The quantitative estimate of drug-likeness (QED) is 0.171. The molecule has 2 heterocycles. The maximum Gasteiger partial charge on any atom is 0.202 e. The van der Waals surface area contributed by atoms with Crippen LogP contribution >= 0.6 is 0 Å². The minimum atomic E-state index is 0.